The molecule has 1 heterocycles. The number of nitrogens with zero attached hydrogens (tertiary/aromatic N) is 3. The highest BCUT2D eigenvalue weighted by Crippen LogP contribution is 2.35. The molecular formula is C13H22ClN5. The second-order valence-corrected chi connectivity index (χ2v) is 5.48. The van der Waals surface area contributed by atoms with Gasteiger partial charge in [0.2, 0.25) is 17.2 Å². The summed E-state index contributed by atoms with van der Waals surface area (Å²) in [7, 11) is 0. The van der Waals surface area contributed by atoms with Crippen molar-refractivity contribution in [1.82, 2.24) is 15.0 Å². The van der Waals surface area contributed by atoms with E-state index in [4.69, 9.17) is 11.6 Å². The molecule has 0 spiro atoms. The minimum absolute atomic E-state index is 0.228. The minimum atomic E-state index is 0.228. The molecule has 2 N–H and O–H groups in total. The Balaban J connectivity index is 2.06. The molecule has 1 aromatic rings. The Morgan fingerprint density at radius 1 is 1.16 bits per heavy atom. The zero-order valence-electron chi connectivity index (χ0n) is 11.8. The van der Waals surface area contributed by atoms with Crippen molar-refractivity contribution in [3.8, 4) is 0 Å². The van der Waals surface area contributed by atoms with Gasteiger partial charge in [-0.15, -0.1) is 0 Å². The maximum Gasteiger partial charge on any atom is 0.229 e. The van der Waals surface area contributed by atoms with Gasteiger partial charge in [-0.1, -0.05) is 20.3 Å². The summed E-state index contributed by atoms with van der Waals surface area (Å²) < 4.78 is 0. The monoisotopic (exact) mass is 283 g/mol. The van der Waals surface area contributed by atoms with Gasteiger partial charge in [-0.05, 0) is 43.2 Å². The molecule has 19 heavy (non-hydrogen) atoms. The van der Waals surface area contributed by atoms with Crippen LogP contribution in [0.1, 0.15) is 40.0 Å². The van der Waals surface area contributed by atoms with E-state index < -0.39 is 0 Å². The third-order valence-corrected chi connectivity index (χ3v) is 4.18. The summed E-state index contributed by atoms with van der Waals surface area (Å²) >= 11 is 5.92. The van der Waals surface area contributed by atoms with Crippen LogP contribution in [0.4, 0.5) is 11.9 Å². The molecule has 0 radical (unpaired) electrons. The van der Waals surface area contributed by atoms with Crippen LogP contribution in [-0.4, -0.2) is 27.5 Å². The summed E-state index contributed by atoms with van der Waals surface area (Å²) in [4.78, 5) is 12.5. The SMILES string of the molecule is CCNc1nc(Cl)nc(NC2CCC(CC)C2C)n1. The lowest BCUT2D eigenvalue weighted by Crippen LogP contribution is -2.26. The van der Waals surface area contributed by atoms with Gasteiger partial charge in [0.25, 0.3) is 0 Å². The van der Waals surface area contributed by atoms with Gasteiger partial charge >= 0.3 is 0 Å². The van der Waals surface area contributed by atoms with Crippen molar-refractivity contribution in [2.45, 2.75) is 46.1 Å². The smallest absolute Gasteiger partial charge is 0.229 e. The number of halogens is 1. The summed E-state index contributed by atoms with van der Waals surface area (Å²) in [5, 5.41) is 6.69. The van der Waals surface area contributed by atoms with Gasteiger partial charge in [0.1, 0.15) is 0 Å². The van der Waals surface area contributed by atoms with E-state index in [2.05, 4.69) is 39.4 Å². The maximum absolute atomic E-state index is 5.92. The summed E-state index contributed by atoms with van der Waals surface area (Å²) in [6.45, 7) is 7.31. The minimum Gasteiger partial charge on any atom is -0.354 e. The van der Waals surface area contributed by atoms with Crippen molar-refractivity contribution in [2.75, 3.05) is 17.2 Å². The van der Waals surface area contributed by atoms with Crippen LogP contribution in [0.15, 0.2) is 0 Å². The first-order chi connectivity index (χ1) is 9.13. The molecule has 106 valence electrons. The number of aromatic nitrogens is 3. The molecule has 3 unspecified atom stereocenters. The van der Waals surface area contributed by atoms with E-state index >= 15 is 0 Å². The van der Waals surface area contributed by atoms with Crippen LogP contribution in [0.3, 0.4) is 0 Å². The average Bonchev–Trinajstić information content (AvgIpc) is 2.70. The lowest BCUT2D eigenvalue weighted by molar-refractivity contribution is 0.391. The Hall–Kier alpha value is -1.10. The molecule has 6 heteroatoms. The van der Waals surface area contributed by atoms with Crippen LogP contribution in [0.2, 0.25) is 5.28 Å². The number of hydrogen-bond donors (Lipinski definition) is 2. The fourth-order valence-corrected chi connectivity index (χ4v) is 3.01. The molecule has 0 aliphatic heterocycles. The molecule has 1 aromatic heterocycles. The lowest BCUT2D eigenvalue weighted by atomic mass is 9.94. The molecule has 0 amide bonds. The maximum atomic E-state index is 5.92. The van der Waals surface area contributed by atoms with Gasteiger partial charge in [0, 0.05) is 12.6 Å². The summed E-state index contributed by atoms with van der Waals surface area (Å²) in [5.41, 5.74) is 0. The molecule has 0 aromatic carbocycles. The Morgan fingerprint density at radius 2 is 1.89 bits per heavy atom. The third-order valence-electron chi connectivity index (χ3n) is 4.01. The van der Waals surface area contributed by atoms with E-state index in [0.717, 1.165) is 12.5 Å². The summed E-state index contributed by atoms with van der Waals surface area (Å²) in [5.74, 6) is 2.54. The van der Waals surface area contributed by atoms with Gasteiger partial charge in [-0.25, -0.2) is 0 Å². The predicted molar refractivity (Wildman–Crippen MR) is 78.6 cm³/mol. The van der Waals surface area contributed by atoms with E-state index in [1.165, 1.54) is 19.3 Å². The van der Waals surface area contributed by atoms with E-state index in [0.29, 0.717) is 23.9 Å². The summed E-state index contributed by atoms with van der Waals surface area (Å²) in [6, 6.07) is 0.429. The van der Waals surface area contributed by atoms with Crippen molar-refractivity contribution in [3.05, 3.63) is 5.28 Å². The Morgan fingerprint density at radius 3 is 2.53 bits per heavy atom. The highest BCUT2D eigenvalue weighted by Gasteiger charge is 2.31. The normalized spacial score (nSPS) is 26.4. The quantitative estimate of drug-likeness (QED) is 0.869. The van der Waals surface area contributed by atoms with Crippen LogP contribution < -0.4 is 10.6 Å². The van der Waals surface area contributed by atoms with Crippen molar-refractivity contribution in [2.24, 2.45) is 11.8 Å². The zero-order chi connectivity index (χ0) is 13.8. The zero-order valence-corrected chi connectivity index (χ0v) is 12.5. The Labute approximate surface area is 119 Å². The van der Waals surface area contributed by atoms with Crippen LogP contribution in [-0.2, 0) is 0 Å². The molecule has 3 atom stereocenters. The molecule has 1 aliphatic carbocycles. The molecule has 2 rings (SSSR count). The van der Waals surface area contributed by atoms with E-state index in [1.54, 1.807) is 0 Å². The van der Waals surface area contributed by atoms with Gasteiger partial charge < -0.3 is 10.6 Å². The van der Waals surface area contributed by atoms with E-state index in [-0.39, 0.29) is 5.28 Å². The van der Waals surface area contributed by atoms with Crippen molar-refractivity contribution >= 4 is 23.5 Å². The molecule has 1 fully saturated rings. The van der Waals surface area contributed by atoms with Crippen molar-refractivity contribution < 1.29 is 0 Å². The molecule has 0 saturated heterocycles. The Bertz CT molecular complexity index is 425. The van der Waals surface area contributed by atoms with Gasteiger partial charge in [-0.2, -0.15) is 15.0 Å². The number of hydrogen-bond acceptors (Lipinski definition) is 5. The van der Waals surface area contributed by atoms with Gasteiger partial charge in [0.15, 0.2) is 0 Å². The molecule has 5 nitrogen and oxygen atoms in total. The fourth-order valence-electron chi connectivity index (χ4n) is 2.85. The van der Waals surface area contributed by atoms with Crippen molar-refractivity contribution in [1.29, 1.82) is 0 Å². The number of anilines is 2. The largest absolute Gasteiger partial charge is 0.354 e. The number of nitrogens with one attached hydrogen (secondary N) is 2. The van der Waals surface area contributed by atoms with Crippen molar-refractivity contribution in [3.63, 3.8) is 0 Å². The number of rotatable bonds is 5. The molecule has 0 bridgehead atoms. The van der Waals surface area contributed by atoms with Gasteiger partial charge in [0.05, 0.1) is 0 Å². The lowest BCUT2D eigenvalue weighted by Gasteiger charge is -2.21. The predicted octanol–water partition coefficient (Wildman–Crippen LogP) is 3.19. The average molecular weight is 284 g/mol. The fraction of sp³-hybridized carbons (Fsp3) is 0.769. The van der Waals surface area contributed by atoms with Crippen LogP contribution in [0.5, 0.6) is 0 Å². The summed E-state index contributed by atoms with van der Waals surface area (Å²) in [6.07, 6.45) is 3.67. The first-order valence-corrected chi connectivity index (χ1v) is 7.43. The first-order valence-electron chi connectivity index (χ1n) is 7.06. The second-order valence-electron chi connectivity index (χ2n) is 5.14. The van der Waals surface area contributed by atoms with Crippen LogP contribution in [0.25, 0.3) is 0 Å². The van der Waals surface area contributed by atoms with E-state index in [1.807, 2.05) is 6.92 Å². The van der Waals surface area contributed by atoms with Gasteiger partial charge in [-0.3, -0.25) is 0 Å². The molecular weight excluding hydrogens is 262 g/mol. The first kappa shape index (κ1) is 14.3. The standard InChI is InChI=1S/C13H22ClN5/c1-4-9-6-7-10(8(9)3)16-13-18-11(14)17-12(19-13)15-5-2/h8-10H,4-7H2,1-3H3,(H2,15,16,17,18,19). The van der Waals surface area contributed by atoms with Crippen LogP contribution in [0, 0.1) is 11.8 Å². The van der Waals surface area contributed by atoms with Crippen LogP contribution >= 0.6 is 11.6 Å². The molecule has 1 aliphatic rings. The topological polar surface area (TPSA) is 62.7 Å². The third kappa shape index (κ3) is 3.47. The van der Waals surface area contributed by atoms with E-state index in [9.17, 15) is 0 Å². The highest BCUT2D eigenvalue weighted by atomic mass is 35.5. The second kappa shape index (κ2) is 6.37. The molecule has 1 saturated carbocycles. The highest BCUT2D eigenvalue weighted by molar-refractivity contribution is 6.28. The Kier molecular flexibility index (Phi) is 4.80.